The van der Waals surface area contributed by atoms with E-state index in [1.807, 2.05) is 0 Å². The minimum atomic E-state index is -4.63. The van der Waals surface area contributed by atoms with Gasteiger partial charge in [0.25, 0.3) is 0 Å². The third-order valence-corrected chi connectivity index (χ3v) is 4.45. The maximum Gasteiger partial charge on any atom is 0.422 e. The van der Waals surface area contributed by atoms with Crippen molar-refractivity contribution in [2.45, 2.75) is 56.7 Å². The zero-order valence-corrected chi connectivity index (χ0v) is 16.5. The summed E-state index contributed by atoms with van der Waals surface area (Å²) in [6.07, 6.45) is -3.56. The highest BCUT2D eigenvalue weighted by atomic mass is 32.1. The number of hydrogen-bond acceptors (Lipinski definition) is 3. The first-order valence-corrected chi connectivity index (χ1v) is 9.56. The summed E-state index contributed by atoms with van der Waals surface area (Å²) < 4.78 is 97.4. The summed E-state index contributed by atoms with van der Waals surface area (Å²) in [5.41, 5.74) is 0.0957. The molecule has 0 amide bonds. The number of hydrogen-bond donors (Lipinski definition) is 2. The van der Waals surface area contributed by atoms with Crippen LogP contribution in [0.5, 0.6) is 11.5 Å². The lowest BCUT2D eigenvalue weighted by molar-refractivity contribution is -0.153. The molecule has 0 heterocycles. The lowest BCUT2D eigenvalue weighted by Crippen LogP contribution is -2.38. The molecule has 0 spiro atoms. The molecule has 1 aromatic rings. The molecule has 0 bridgehead atoms. The second-order valence-corrected chi connectivity index (χ2v) is 7.29. The molecule has 0 unspecified atom stereocenters. The van der Waals surface area contributed by atoms with Gasteiger partial charge in [-0.05, 0) is 25.1 Å². The quantitative estimate of drug-likeness (QED) is 0.393. The number of nitrogens with one attached hydrogen (secondary N) is 2. The largest absolute Gasteiger partial charge is 0.487 e. The van der Waals surface area contributed by atoms with E-state index in [-0.39, 0.29) is 28.3 Å². The minimum absolute atomic E-state index is 0.0957. The van der Waals surface area contributed by atoms with Crippen LogP contribution in [0.25, 0.3) is 0 Å². The van der Waals surface area contributed by atoms with Crippen LogP contribution in [-0.4, -0.2) is 42.9 Å². The van der Waals surface area contributed by atoms with E-state index in [1.165, 1.54) is 6.07 Å². The summed E-state index contributed by atoms with van der Waals surface area (Å²) in [6.45, 7) is -3.29. The average Bonchev–Trinajstić information content (AvgIpc) is 2.65. The molecule has 1 aromatic carbocycles. The highest BCUT2D eigenvalue weighted by molar-refractivity contribution is 7.80. The number of ether oxygens (including phenoxy) is 2. The van der Waals surface area contributed by atoms with Crippen LogP contribution in [0.1, 0.15) is 32.1 Å². The molecule has 2 rings (SSSR count). The van der Waals surface area contributed by atoms with Crippen LogP contribution in [-0.2, 0) is 0 Å². The Hall–Kier alpha value is -1.98. The van der Waals surface area contributed by atoms with Gasteiger partial charge in [-0.1, -0.05) is 19.3 Å². The zero-order valence-electron chi connectivity index (χ0n) is 15.7. The Balaban J connectivity index is 2.10. The first kappa shape index (κ1) is 24.3. The van der Waals surface area contributed by atoms with Crippen molar-refractivity contribution in [1.82, 2.24) is 5.32 Å². The summed E-state index contributed by atoms with van der Waals surface area (Å²) >= 11 is 5.18. The molecule has 0 aromatic heterocycles. The maximum atomic E-state index is 13.1. The predicted molar refractivity (Wildman–Crippen MR) is 101 cm³/mol. The zero-order chi connectivity index (χ0) is 22.4. The Morgan fingerprint density at radius 3 is 2.07 bits per heavy atom. The Kier molecular flexibility index (Phi) is 8.39. The molecule has 0 atom stereocenters. The summed E-state index contributed by atoms with van der Waals surface area (Å²) in [5, 5.41) is 5.98. The summed E-state index contributed by atoms with van der Waals surface area (Å²) in [6, 6.07) is 3.36. The highest BCUT2D eigenvalue weighted by Gasteiger charge is 2.41. The Labute approximate surface area is 174 Å². The van der Waals surface area contributed by atoms with E-state index >= 15 is 0 Å². The molecule has 4 nitrogen and oxygen atoms in total. The van der Waals surface area contributed by atoms with E-state index in [1.54, 1.807) is 0 Å². The number of anilines is 1. The molecule has 30 heavy (non-hydrogen) atoms. The lowest BCUT2D eigenvalue weighted by atomic mass is 9.96. The normalized spacial score (nSPS) is 15.7. The fourth-order valence-electron chi connectivity index (χ4n) is 2.82. The van der Waals surface area contributed by atoms with Gasteiger partial charge in [-0.3, -0.25) is 0 Å². The Bertz CT molecular complexity index is 710. The summed E-state index contributed by atoms with van der Waals surface area (Å²) in [5.74, 6) is -5.15. The Morgan fingerprint density at radius 2 is 1.53 bits per heavy atom. The van der Waals surface area contributed by atoms with E-state index in [4.69, 9.17) is 12.2 Å². The van der Waals surface area contributed by atoms with Crippen molar-refractivity contribution < 1.29 is 40.2 Å². The minimum Gasteiger partial charge on any atom is -0.487 e. The van der Waals surface area contributed by atoms with Crippen LogP contribution in [0.4, 0.5) is 36.4 Å². The van der Waals surface area contributed by atoms with Gasteiger partial charge in [0.15, 0.2) is 18.3 Å². The van der Waals surface area contributed by atoms with Gasteiger partial charge in [0, 0.05) is 29.9 Å². The van der Waals surface area contributed by atoms with Gasteiger partial charge in [0.1, 0.15) is 11.5 Å². The van der Waals surface area contributed by atoms with Crippen molar-refractivity contribution in [3.63, 3.8) is 0 Å². The third kappa shape index (κ3) is 8.41. The first-order valence-electron chi connectivity index (χ1n) is 9.15. The van der Waals surface area contributed by atoms with Crippen LogP contribution in [0.3, 0.4) is 0 Å². The summed E-state index contributed by atoms with van der Waals surface area (Å²) in [4.78, 5) is 0. The Morgan fingerprint density at radius 1 is 0.967 bits per heavy atom. The van der Waals surface area contributed by atoms with Crippen LogP contribution < -0.4 is 20.1 Å². The van der Waals surface area contributed by atoms with Gasteiger partial charge < -0.3 is 20.1 Å². The third-order valence-electron chi connectivity index (χ3n) is 4.23. The van der Waals surface area contributed by atoms with Crippen molar-refractivity contribution in [1.29, 1.82) is 0 Å². The second-order valence-electron chi connectivity index (χ2n) is 6.88. The van der Waals surface area contributed by atoms with Crippen LogP contribution in [0.15, 0.2) is 18.2 Å². The molecule has 1 fully saturated rings. The molecule has 170 valence electrons. The molecule has 0 saturated heterocycles. The number of thiocarbonyl (C=S) groups is 1. The topological polar surface area (TPSA) is 42.5 Å². The number of halogens is 7. The standard InChI is InChI=1S/C18H21F7N2O2S/c19-15(20)17(21,22)9-28-13-6-12(7-14(8-13)29-10-18(23,24)25)27-16(30)26-11-4-2-1-3-5-11/h6-8,11,15H,1-5,9-10H2,(H2,26,27,30). The molecule has 1 saturated carbocycles. The van der Waals surface area contributed by atoms with Gasteiger partial charge in [-0.15, -0.1) is 0 Å². The smallest absolute Gasteiger partial charge is 0.422 e. The SMILES string of the molecule is FC(F)C(F)(F)COc1cc(NC(=S)NC2CCCCC2)cc(OCC(F)(F)F)c1. The number of alkyl halides is 7. The average molecular weight is 462 g/mol. The second kappa shape index (κ2) is 10.4. The van der Waals surface area contributed by atoms with Crippen LogP contribution in [0, 0.1) is 0 Å². The molecule has 1 aliphatic carbocycles. The van der Waals surface area contributed by atoms with Crippen molar-refractivity contribution in [2.24, 2.45) is 0 Å². The molecule has 12 heteroatoms. The predicted octanol–water partition coefficient (Wildman–Crippen LogP) is 5.53. The molecular formula is C18H21F7N2O2S. The molecule has 1 aliphatic rings. The van der Waals surface area contributed by atoms with Crippen LogP contribution in [0.2, 0.25) is 0 Å². The number of rotatable bonds is 8. The molecule has 0 aliphatic heterocycles. The lowest BCUT2D eigenvalue weighted by Gasteiger charge is -2.24. The first-order chi connectivity index (χ1) is 13.9. The maximum absolute atomic E-state index is 13.1. The van der Waals surface area contributed by atoms with E-state index in [0.717, 1.165) is 44.2 Å². The van der Waals surface area contributed by atoms with Gasteiger partial charge in [0.2, 0.25) is 0 Å². The van der Waals surface area contributed by atoms with Crippen molar-refractivity contribution >= 4 is 23.0 Å². The van der Waals surface area contributed by atoms with E-state index in [0.29, 0.717) is 0 Å². The van der Waals surface area contributed by atoms with Gasteiger partial charge in [0.05, 0.1) is 0 Å². The number of benzene rings is 1. The van der Waals surface area contributed by atoms with Crippen molar-refractivity contribution in [2.75, 3.05) is 18.5 Å². The van der Waals surface area contributed by atoms with Crippen LogP contribution >= 0.6 is 12.2 Å². The molecule has 0 radical (unpaired) electrons. The van der Waals surface area contributed by atoms with Gasteiger partial charge >= 0.3 is 18.5 Å². The fourth-order valence-corrected chi connectivity index (χ4v) is 3.10. The molecule has 2 N–H and O–H groups in total. The van der Waals surface area contributed by atoms with E-state index < -0.39 is 31.7 Å². The van der Waals surface area contributed by atoms with Gasteiger partial charge in [-0.25, -0.2) is 8.78 Å². The van der Waals surface area contributed by atoms with Gasteiger partial charge in [-0.2, -0.15) is 22.0 Å². The monoisotopic (exact) mass is 462 g/mol. The van der Waals surface area contributed by atoms with E-state index in [9.17, 15) is 30.7 Å². The van der Waals surface area contributed by atoms with Crippen molar-refractivity contribution in [3.05, 3.63) is 18.2 Å². The fraction of sp³-hybridized carbons (Fsp3) is 0.611. The summed E-state index contributed by atoms with van der Waals surface area (Å²) in [7, 11) is 0. The van der Waals surface area contributed by atoms with Crippen molar-refractivity contribution in [3.8, 4) is 11.5 Å². The molecular weight excluding hydrogens is 441 g/mol. The van der Waals surface area contributed by atoms with E-state index in [2.05, 4.69) is 20.1 Å². The highest BCUT2D eigenvalue weighted by Crippen LogP contribution is 2.30.